The summed E-state index contributed by atoms with van der Waals surface area (Å²) in [6.07, 6.45) is -4.60. The van der Waals surface area contributed by atoms with E-state index >= 15 is 0 Å². The van der Waals surface area contributed by atoms with Crippen molar-refractivity contribution in [3.63, 3.8) is 0 Å². The van der Waals surface area contributed by atoms with Crippen molar-refractivity contribution < 1.29 is 22.0 Å². The van der Waals surface area contributed by atoms with Gasteiger partial charge in [0.1, 0.15) is 0 Å². The molecule has 1 fully saturated rings. The third-order valence-corrected chi connectivity index (χ3v) is 3.12. The standard InChI is InChI=1S/C10H15F5/c1-6-3-7(9(2,11)12)5-8(4-6)10(13,14)15/h6-8H,3-5H2,1-2H3. The van der Waals surface area contributed by atoms with Crippen molar-refractivity contribution >= 4 is 0 Å². The first-order valence-corrected chi connectivity index (χ1v) is 5.05. The second-order valence-electron chi connectivity index (χ2n) is 4.70. The predicted octanol–water partition coefficient (Wildman–Crippen LogP) is 4.26. The maximum Gasteiger partial charge on any atom is 0.391 e. The molecule has 0 aromatic rings. The highest BCUT2D eigenvalue weighted by Crippen LogP contribution is 2.46. The summed E-state index contributed by atoms with van der Waals surface area (Å²) in [4.78, 5) is 0. The molecule has 0 aromatic heterocycles. The van der Waals surface area contributed by atoms with Crippen molar-refractivity contribution in [2.75, 3.05) is 0 Å². The van der Waals surface area contributed by atoms with Crippen LogP contribution in [0.25, 0.3) is 0 Å². The lowest BCUT2D eigenvalue weighted by molar-refractivity contribution is -0.200. The number of hydrogen-bond acceptors (Lipinski definition) is 0. The Morgan fingerprint density at radius 3 is 1.73 bits per heavy atom. The molecule has 3 unspecified atom stereocenters. The van der Waals surface area contributed by atoms with Gasteiger partial charge in [0, 0.05) is 5.92 Å². The Kier molecular flexibility index (Phi) is 3.31. The van der Waals surface area contributed by atoms with Crippen LogP contribution in [0.1, 0.15) is 33.1 Å². The average molecular weight is 230 g/mol. The third-order valence-electron chi connectivity index (χ3n) is 3.12. The number of alkyl halides is 5. The summed E-state index contributed by atoms with van der Waals surface area (Å²) < 4.78 is 63.2. The van der Waals surface area contributed by atoms with Crippen LogP contribution in [-0.2, 0) is 0 Å². The maximum atomic E-state index is 13.0. The number of rotatable bonds is 1. The Labute approximate surface area is 85.8 Å². The van der Waals surface area contributed by atoms with E-state index in [1.165, 1.54) is 0 Å². The molecule has 15 heavy (non-hydrogen) atoms. The van der Waals surface area contributed by atoms with Crippen LogP contribution in [0.15, 0.2) is 0 Å². The second-order valence-corrected chi connectivity index (χ2v) is 4.70. The Bertz CT molecular complexity index is 193. The summed E-state index contributed by atoms with van der Waals surface area (Å²) >= 11 is 0. The van der Waals surface area contributed by atoms with E-state index in [-0.39, 0.29) is 18.8 Å². The van der Waals surface area contributed by atoms with E-state index in [4.69, 9.17) is 0 Å². The minimum atomic E-state index is -4.34. The van der Waals surface area contributed by atoms with Gasteiger partial charge in [-0.05, 0) is 32.1 Å². The minimum Gasteiger partial charge on any atom is -0.207 e. The zero-order chi connectivity index (χ0) is 11.9. The molecule has 0 aliphatic heterocycles. The fourth-order valence-corrected chi connectivity index (χ4v) is 2.28. The van der Waals surface area contributed by atoms with Crippen molar-refractivity contribution in [3.8, 4) is 0 Å². The van der Waals surface area contributed by atoms with Gasteiger partial charge < -0.3 is 0 Å². The second kappa shape index (κ2) is 3.91. The van der Waals surface area contributed by atoms with Crippen LogP contribution in [0.4, 0.5) is 22.0 Å². The van der Waals surface area contributed by atoms with Gasteiger partial charge in [-0.2, -0.15) is 13.2 Å². The normalized spacial score (nSPS) is 34.2. The molecule has 0 amide bonds. The van der Waals surface area contributed by atoms with E-state index in [1.807, 2.05) is 0 Å². The molecule has 0 heterocycles. The van der Waals surface area contributed by atoms with Crippen LogP contribution >= 0.6 is 0 Å². The molecule has 3 atom stereocenters. The van der Waals surface area contributed by atoms with Gasteiger partial charge in [0.15, 0.2) is 0 Å². The number of halogens is 5. The average Bonchev–Trinajstić information content (AvgIpc) is 1.99. The fraction of sp³-hybridized carbons (Fsp3) is 1.00. The number of hydrogen-bond donors (Lipinski definition) is 0. The molecule has 5 heteroatoms. The maximum absolute atomic E-state index is 13.0. The van der Waals surface area contributed by atoms with Gasteiger partial charge in [0.05, 0.1) is 5.92 Å². The van der Waals surface area contributed by atoms with Gasteiger partial charge >= 0.3 is 6.18 Å². The highest BCUT2D eigenvalue weighted by Gasteiger charge is 2.48. The Balaban J connectivity index is 2.73. The zero-order valence-corrected chi connectivity index (χ0v) is 8.74. The zero-order valence-electron chi connectivity index (χ0n) is 8.74. The summed E-state index contributed by atoms with van der Waals surface area (Å²) in [6, 6.07) is 0. The quantitative estimate of drug-likeness (QED) is 0.590. The van der Waals surface area contributed by atoms with Crippen LogP contribution in [0.3, 0.4) is 0 Å². The van der Waals surface area contributed by atoms with Gasteiger partial charge in [0.2, 0.25) is 5.92 Å². The highest BCUT2D eigenvalue weighted by molar-refractivity contribution is 4.86. The largest absolute Gasteiger partial charge is 0.391 e. The molecule has 1 rings (SSSR count). The molecule has 90 valence electrons. The first-order valence-electron chi connectivity index (χ1n) is 5.05. The molecule has 0 radical (unpaired) electrons. The summed E-state index contributed by atoms with van der Waals surface area (Å²) in [5.41, 5.74) is 0. The first-order chi connectivity index (χ1) is 6.60. The third kappa shape index (κ3) is 3.31. The Morgan fingerprint density at radius 1 is 0.867 bits per heavy atom. The molecular formula is C10H15F5. The van der Waals surface area contributed by atoms with E-state index in [0.29, 0.717) is 6.92 Å². The molecule has 0 saturated heterocycles. The van der Waals surface area contributed by atoms with Gasteiger partial charge in [-0.1, -0.05) is 6.92 Å². The highest BCUT2D eigenvalue weighted by atomic mass is 19.4. The lowest BCUT2D eigenvalue weighted by Crippen LogP contribution is -2.38. The van der Waals surface area contributed by atoms with Gasteiger partial charge in [0.25, 0.3) is 0 Å². The smallest absolute Gasteiger partial charge is 0.207 e. The molecule has 1 saturated carbocycles. The molecule has 0 aromatic carbocycles. The van der Waals surface area contributed by atoms with Gasteiger partial charge in [-0.25, -0.2) is 8.78 Å². The summed E-state index contributed by atoms with van der Waals surface area (Å²) in [5, 5.41) is 0. The van der Waals surface area contributed by atoms with Crippen LogP contribution in [0, 0.1) is 17.8 Å². The molecule has 0 bridgehead atoms. The lowest BCUT2D eigenvalue weighted by Gasteiger charge is -2.36. The van der Waals surface area contributed by atoms with Crippen molar-refractivity contribution in [2.45, 2.75) is 45.2 Å². The van der Waals surface area contributed by atoms with Crippen LogP contribution in [0.5, 0.6) is 0 Å². The van der Waals surface area contributed by atoms with E-state index in [1.54, 1.807) is 6.92 Å². The van der Waals surface area contributed by atoms with Crippen LogP contribution < -0.4 is 0 Å². The van der Waals surface area contributed by atoms with E-state index in [0.717, 1.165) is 0 Å². The van der Waals surface area contributed by atoms with Crippen molar-refractivity contribution in [1.82, 2.24) is 0 Å². The molecule has 0 spiro atoms. The first kappa shape index (κ1) is 12.7. The van der Waals surface area contributed by atoms with Gasteiger partial charge in [-0.3, -0.25) is 0 Å². The van der Waals surface area contributed by atoms with Crippen LogP contribution in [-0.4, -0.2) is 12.1 Å². The van der Waals surface area contributed by atoms with E-state index in [9.17, 15) is 22.0 Å². The summed E-state index contributed by atoms with van der Waals surface area (Å²) in [5.74, 6) is -5.97. The van der Waals surface area contributed by atoms with Crippen LogP contribution in [0.2, 0.25) is 0 Å². The van der Waals surface area contributed by atoms with Crippen molar-refractivity contribution in [3.05, 3.63) is 0 Å². The topological polar surface area (TPSA) is 0 Å². The molecule has 0 N–H and O–H groups in total. The monoisotopic (exact) mass is 230 g/mol. The van der Waals surface area contributed by atoms with E-state index in [2.05, 4.69) is 0 Å². The Hall–Kier alpha value is -0.350. The SMILES string of the molecule is CC1CC(C(C)(F)F)CC(C(F)(F)F)C1. The summed E-state index contributed by atoms with van der Waals surface area (Å²) in [6.45, 7) is 2.32. The van der Waals surface area contributed by atoms with Crippen molar-refractivity contribution in [2.24, 2.45) is 17.8 Å². The fourth-order valence-electron chi connectivity index (χ4n) is 2.28. The Morgan fingerprint density at radius 2 is 1.33 bits per heavy atom. The lowest BCUT2D eigenvalue weighted by atomic mass is 9.73. The van der Waals surface area contributed by atoms with Gasteiger partial charge in [-0.15, -0.1) is 0 Å². The summed E-state index contributed by atoms with van der Waals surface area (Å²) in [7, 11) is 0. The molecule has 1 aliphatic carbocycles. The molecule has 1 aliphatic rings. The van der Waals surface area contributed by atoms with Crippen molar-refractivity contribution in [1.29, 1.82) is 0 Å². The molecular weight excluding hydrogens is 215 g/mol. The molecule has 0 nitrogen and oxygen atoms in total. The van der Waals surface area contributed by atoms with E-state index < -0.39 is 30.4 Å². The predicted molar refractivity (Wildman–Crippen MR) is 46.7 cm³/mol. The minimum absolute atomic E-state index is 0.0178.